The fraction of sp³-hybridized carbons (Fsp3) is 0.529. The minimum atomic E-state index is -0.707. The van der Waals surface area contributed by atoms with E-state index in [0.717, 1.165) is 25.0 Å². The molecule has 0 unspecified atom stereocenters. The standard InChI is InChI=1S/C17H22N2O4/c1-19-14(20)11-23-16(15(19)12-6-3-2-4-7-12)17(21)18-10-13-8-5-9-22-13/h2-4,6-7,13,15-16H,5,8-11H2,1H3,(H,18,21)/t13-,15+,16+/m1/s1. The molecule has 3 rings (SSSR count). The van der Waals surface area contributed by atoms with Gasteiger partial charge in [-0.1, -0.05) is 30.3 Å². The fourth-order valence-corrected chi connectivity index (χ4v) is 3.10. The Kier molecular flexibility index (Phi) is 4.93. The second kappa shape index (κ2) is 7.10. The van der Waals surface area contributed by atoms with Crippen molar-refractivity contribution in [2.45, 2.75) is 31.1 Å². The van der Waals surface area contributed by atoms with E-state index < -0.39 is 12.1 Å². The van der Waals surface area contributed by atoms with Crippen molar-refractivity contribution in [1.29, 1.82) is 0 Å². The van der Waals surface area contributed by atoms with Gasteiger partial charge in [0.1, 0.15) is 6.61 Å². The lowest BCUT2D eigenvalue weighted by Gasteiger charge is -2.38. The van der Waals surface area contributed by atoms with Crippen molar-refractivity contribution < 1.29 is 19.1 Å². The average molecular weight is 318 g/mol. The molecular formula is C17H22N2O4. The quantitative estimate of drug-likeness (QED) is 0.895. The number of likely N-dealkylation sites (N-methyl/N-ethyl adjacent to an activating group) is 1. The second-order valence-corrected chi connectivity index (χ2v) is 5.97. The molecule has 0 spiro atoms. The molecule has 1 N–H and O–H groups in total. The molecule has 0 radical (unpaired) electrons. The van der Waals surface area contributed by atoms with Gasteiger partial charge in [-0.25, -0.2) is 0 Å². The van der Waals surface area contributed by atoms with E-state index in [0.29, 0.717) is 6.54 Å². The predicted octanol–water partition coefficient (Wildman–Crippen LogP) is 0.880. The Morgan fingerprint density at radius 2 is 2.09 bits per heavy atom. The highest BCUT2D eigenvalue weighted by molar-refractivity contribution is 5.86. The summed E-state index contributed by atoms with van der Waals surface area (Å²) in [7, 11) is 1.71. The van der Waals surface area contributed by atoms with Crippen molar-refractivity contribution in [2.24, 2.45) is 0 Å². The Morgan fingerprint density at radius 3 is 2.78 bits per heavy atom. The van der Waals surface area contributed by atoms with Gasteiger partial charge in [0.15, 0.2) is 6.10 Å². The zero-order chi connectivity index (χ0) is 16.2. The van der Waals surface area contributed by atoms with Crippen molar-refractivity contribution in [2.75, 3.05) is 26.8 Å². The van der Waals surface area contributed by atoms with Crippen LogP contribution in [0, 0.1) is 0 Å². The van der Waals surface area contributed by atoms with Crippen LogP contribution in [0.5, 0.6) is 0 Å². The second-order valence-electron chi connectivity index (χ2n) is 5.97. The van der Waals surface area contributed by atoms with Crippen molar-refractivity contribution in [3.63, 3.8) is 0 Å². The number of hydrogen-bond acceptors (Lipinski definition) is 4. The normalized spacial score (nSPS) is 28.0. The maximum absolute atomic E-state index is 12.6. The van der Waals surface area contributed by atoms with Gasteiger partial charge in [0.25, 0.3) is 5.91 Å². The maximum atomic E-state index is 12.6. The maximum Gasteiger partial charge on any atom is 0.251 e. The molecular weight excluding hydrogens is 296 g/mol. The van der Waals surface area contributed by atoms with Crippen LogP contribution in [-0.2, 0) is 19.1 Å². The molecule has 3 atom stereocenters. The van der Waals surface area contributed by atoms with Gasteiger partial charge in [-0.3, -0.25) is 9.59 Å². The molecule has 0 aromatic heterocycles. The molecule has 0 saturated carbocycles. The number of ether oxygens (including phenoxy) is 2. The van der Waals surface area contributed by atoms with E-state index in [2.05, 4.69) is 5.32 Å². The van der Waals surface area contributed by atoms with Gasteiger partial charge in [0.2, 0.25) is 5.91 Å². The molecule has 1 aromatic rings. The summed E-state index contributed by atoms with van der Waals surface area (Å²) in [5.41, 5.74) is 0.889. The number of amides is 2. The number of hydrogen-bond donors (Lipinski definition) is 1. The zero-order valence-corrected chi connectivity index (χ0v) is 13.2. The minimum Gasteiger partial charge on any atom is -0.376 e. The summed E-state index contributed by atoms with van der Waals surface area (Å²) < 4.78 is 11.1. The Labute approximate surface area is 135 Å². The zero-order valence-electron chi connectivity index (χ0n) is 13.2. The van der Waals surface area contributed by atoms with Crippen LogP contribution >= 0.6 is 0 Å². The third-order valence-corrected chi connectivity index (χ3v) is 4.41. The van der Waals surface area contributed by atoms with Gasteiger partial charge in [-0.05, 0) is 18.4 Å². The van der Waals surface area contributed by atoms with E-state index in [-0.39, 0.29) is 24.5 Å². The van der Waals surface area contributed by atoms with Gasteiger partial charge in [-0.2, -0.15) is 0 Å². The highest BCUT2D eigenvalue weighted by Crippen LogP contribution is 2.29. The highest BCUT2D eigenvalue weighted by atomic mass is 16.5. The minimum absolute atomic E-state index is 0.0716. The summed E-state index contributed by atoms with van der Waals surface area (Å²) in [4.78, 5) is 26.1. The first kappa shape index (κ1) is 16.0. The van der Waals surface area contributed by atoms with Gasteiger partial charge in [0, 0.05) is 20.2 Å². The van der Waals surface area contributed by atoms with E-state index in [1.807, 2.05) is 30.3 Å². The summed E-state index contributed by atoms with van der Waals surface area (Å²) >= 11 is 0. The molecule has 2 saturated heterocycles. The molecule has 0 aliphatic carbocycles. The summed E-state index contributed by atoms with van der Waals surface area (Å²) in [5, 5.41) is 2.90. The van der Waals surface area contributed by atoms with E-state index in [4.69, 9.17) is 9.47 Å². The van der Waals surface area contributed by atoms with Crippen LogP contribution in [0.15, 0.2) is 30.3 Å². The van der Waals surface area contributed by atoms with E-state index >= 15 is 0 Å². The van der Waals surface area contributed by atoms with Crippen LogP contribution in [0.1, 0.15) is 24.4 Å². The van der Waals surface area contributed by atoms with Crippen molar-refractivity contribution in [3.05, 3.63) is 35.9 Å². The Hall–Kier alpha value is -1.92. The highest BCUT2D eigenvalue weighted by Gasteiger charge is 2.40. The van der Waals surface area contributed by atoms with Crippen LogP contribution < -0.4 is 5.32 Å². The molecule has 0 bridgehead atoms. The largest absolute Gasteiger partial charge is 0.376 e. The van der Waals surface area contributed by atoms with E-state index in [1.165, 1.54) is 0 Å². The van der Waals surface area contributed by atoms with Crippen LogP contribution in [0.2, 0.25) is 0 Å². The molecule has 23 heavy (non-hydrogen) atoms. The van der Waals surface area contributed by atoms with Gasteiger partial charge >= 0.3 is 0 Å². The number of carbonyl (C=O) groups is 2. The lowest BCUT2D eigenvalue weighted by molar-refractivity contribution is -0.162. The first-order valence-electron chi connectivity index (χ1n) is 7.98. The van der Waals surface area contributed by atoms with Crippen molar-refractivity contribution >= 4 is 11.8 Å². The lowest BCUT2D eigenvalue weighted by atomic mass is 9.97. The smallest absolute Gasteiger partial charge is 0.251 e. The molecule has 2 aliphatic heterocycles. The number of rotatable bonds is 4. The monoisotopic (exact) mass is 318 g/mol. The first-order chi connectivity index (χ1) is 11.2. The average Bonchev–Trinajstić information content (AvgIpc) is 3.09. The van der Waals surface area contributed by atoms with Crippen LogP contribution in [0.25, 0.3) is 0 Å². The molecule has 2 amide bonds. The molecule has 6 nitrogen and oxygen atoms in total. The van der Waals surface area contributed by atoms with Gasteiger partial charge < -0.3 is 19.7 Å². The number of nitrogens with zero attached hydrogens (tertiary/aromatic N) is 1. The van der Waals surface area contributed by atoms with Crippen molar-refractivity contribution in [3.8, 4) is 0 Å². The topological polar surface area (TPSA) is 67.9 Å². The SMILES string of the molecule is CN1C(=O)CO[C@H](C(=O)NC[C@H]2CCCO2)[C@@H]1c1ccccc1. The molecule has 2 heterocycles. The number of morpholine rings is 1. The first-order valence-corrected chi connectivity index (χ1v) is 7.98. The third kappa shape index (κ3) is 3.54. The fourth-order valence-electron chi connectivity index (χ4n) is 3.10. The Balaban J connectivity index is 1.72. The summed E-state index contributed by atoms with van der Waals surface area (Å²) in [5.74, 6) is -0.323. The van der Waals surface area contributed by atoms with E-state index in [9.17, 15) is 9.59 Å². The summed E-state index contributed by atoms with van der Waals surface area (Å²) in [6.07, 6.45) is 1.37. The summed E-state index contributed by atoms with van der Waals surface area (Å²) in [6.45, 7) is 1.17. The van der Waals surface area contributed by atoms with Crippen LogP contribution in [0.4, 0.5) is 0 Å². The molecule has 2 aliphatic rings. The number of carbonyl (C=O) groups excluding carboxylic acids is 2. The predicted molar refractivity (Wildman–Crippen MR) is 83.7 cm³/mol. The molecule has 1 aromatic carbocycles. The third-order valence-electron chi connectivity index (χ3n) is 4.41. The number of benzene rings is 1. The Bertz CT molecular complexity index is 557. The lowest BCUT2D eigenvalue weighted by Crippen LogP contribution is -2.53. The summed E-state index contributed by atoms with van der Waals surface area (Å²) in [6, 6.07) is 9.09. The van der Waals surface area contributed by atoms with Gasteiger partial charge in [-0.15, -0.1) is 0 Å². The molecule has 2 fully saturated rings. The molecule has 124 valence electrons. The van der Waals surface area contributed by atoms with Crippen LogP contribution in [-0.4, -0.2) is 55.7 Å². The van der Waals surface area contributed by atoms with Crippen molar-refractivity contribution in [1.82, 2.24) is 10.2 Å². The number of nitrogens with one attached hydrogen (secondary N) is 1. The van der Waals surface area contributed by atoms with E-state index in [1.54, 1.807) is 11.9 Å². The van der Waals surface area contributed by atoms with Gasteiger partial charge in [0.05, 0.1) is 12.1 Å². The van der Waals surface area contributed by atoms with Crippen LogP contribution in [0.3, 0.4) is 0 Å². The Morgan fingerprint density at radius 1 is 1.30 bits per heavy atom. The molecule has 6 heteroatoms.